The third kappa shape index (κ3) is 3.09. The van der Waals surface area contributed by atoms with E-state index in [9.17, 15) is 14.4 Å². The molecule has 2 amide bonds. The van der Waals surface area contributed by atoms with E-state index in [0.717, 1.165) is 11.0 Å². The fourth-order valence-corrected chi connectivity index (χ4v) is 2.42. The topological polar surface area (TPSA) is 76.8 Å². The van der Waals surface area contributed by atoms with Crippen LogP contribution in [0.1, 0.15) is 26.5 Å². The van der Waals surface area contributed by atoms with Crippen LogP contribution in [0.2, 0.25) is 0 Å². The zero-order chi connectivity index (χ0) is 16.4. The maximum atomic E-state index is 12.1. The number of hydrogen-bond donors (Lipinski definition) is 0. The Labute approximate surface area is 139 Å². The number of furan rings is 1. The summed E-state index contributed by atoms with van der Waals surface area (Å²) in [6.45, 7) is -0.433. The molecule has 0 radical (unpaired) electrons. The largest absolute Gasteiger partial charge is 0.450 e. The van der Waals surface area contributed by atoms with Crippen molar-refractivity contribution < 1.29 is 23.5 Å². The summed E-state index contributed by atoms with van der Waals surface area (Å²) in [4.78, 5) is 36.7. The molecule has 1 aliphatic rings. The first-order valence-electron chi connectivity index (χ1n) is 6.61. The Bertz CT molecular complexity index is 788. The number of esters is 1. The van der Waals surface area contributed by atoms with E-state index in [-0.39, 0.29) is 0 Å². The predicted octanol–water partition coefficient (Wildman–Crippen LogP) is 2.85. The Morgan fingerprint density at radius 3 is 2.35 bits per heavy atom. The number of ether oxygens (including phenoxy) is 1. The first-order chi connectivity index (χ1) is 11.1. The van der Waals surface area contributed by atoms with Crippen molar-refractivity contribution in [3.8, 4) is 0 Å². The van der Waals surface area contributed by atoms with Gasteiger partial charge in [0.1, 0.15) is 5.76 Å². The van der Waals surface area contributed by atoms with Crippen molar-refractivity contribution in [3.05, 3.63) is 64.0 Å². The van der Waals surface area contributed by atoms with Gasteiger partial charge in [-0.3, -0.25) is 9.59 Å². The number of rotatable bonds is 4. The molecule has 23 heavy (non-hydrogen) atoms. The Kier molecular flexibility index (Phi) is 4.12. The molecule has 0 atom stereocenters. The predicted molar refractivity (Wildman–Crippen MR) is 83.3 cm³/mol. The SMILES string of the molecule is O=C(C=Cc1ccc(Br)o1)OCN1C(=O)c2ccccc2C1=O. The Morgan fingerprint density at radius 1 is 1.13 bits per heavy atom. The summed E-state index contributed by atoms with van der Waals surface area (Å²) in [5.74, 6) is -1.17. The van der Waals surface area contributed by atoms with Crippen LogP contribution >= 0.6 is 15.9 Å². The number of imide groups is 1. The van der Waals surface area contributed by atoms with E-state index in [2.05, 4.69) is 15.9 Å². The minimum atomic E-state index is -0.686. The van der Waals surface area contributed by atoms with Gasteiger partial charge in [0.2, 0.25) is 0 Å². The van der Waals surface area contributed by atoms with Crippen LogP contribution in [0.3, 0.4) is 0 Å². The first-order valence-corrected chi connectivity index (χ1v) is 7.41. The number of carbonyl (C=O) groups excluding carboxylic acids is 3. The number of benzene rings is 1. The lowest BCUT2D eigenvalue weighted by Gasteiger charge is -2.12. The Balaban J connectivity index is 1.61. The minimum absolute atomic E-state index is 0.310. The van der Waals surface area contributed by atoms with E-state index < -0.39 is 24.5 Å². The fraction of sp³-hybridized carbons (Fsp3) is 0.0625. The molecule has 116 valence electrons. The molecule has 0 aliphatic carbocycles. The molecule has 7 heteroatoms. The van der Waals surface area contributed by atoms with Gasteiger partial charge in [-0.1, -0.05) is 12.1 Å². The summed E-state index contributed by atoms with van der Waals surface area (Å²) < 4.78 is 10.7. The number of amides is 2. The number of halogens is 1. The summed E-state index contributed by atoms with van der Waals surface area (Å²) in [6, 6.07) is 9.81. The summed E-state index contributed by atoms with van der Waals surface area (Å²) in [6.07, 6.45) is 2.58. The molecule has 2 aromatic rings. The smallest absolute Gasteiger partial charge is 0.332 e. The quantitative estimate of drug-likeness (QED) is 0.466. The summed E-state index contributed by atoms with van der Waals surface area (Å²) in [5.41, 5.74) is 0.619. The molecule has 2 heterocycles. The molecule has 0 fully saturated rings. The van der Waals surface area contributed by atoms with E-state index in [1.807, 2.05) is 0 Å². The second kappa shape index (κ2) is 6.21. The lowest BCUT2D eigenvalue weighted by Crippen LogP contribution is -2.32. The van der Waals surface area contributed by atoms with Crippen LogP contribution in [-0.4, -0.2) is 29.4 Å². The van der Waals surface area contributed by atoms with Crippen molar-refractivity contribution in [1.29, 1.82) is 0 Å². The van der Waals surface area contributed by atoms with Crippen LogP contribution in [0.4, 0.5) is 0 Å². The van der Waals surface area contributed by atoms with Crippen molar-refractivity contribution >= 4 is 39.8 Å². The zero-order valence-corrected chi connectivity index (χ0v) is 13.3. The number of nitrogens with zero attached hydrogens (tertiary/aromatic N) is 1. The molecule has 0 spiro atoms. The highest BCUT2D eigenvalue weighted by atomic mass is 79.9. The molecular weight excluding hydrogens is 366 g/mol. The maximum Gasteiger partial charge on any atom is 0.332 e. The average molecular weight is 376 g/mol. The Hall–Kier alpha value is -2.67. The highest BCUT2D eigenvalue weighted by molar-refractivity contribution is 9.10. The molecule has 1 aromatic carbocycles. The molecule has 0 N–H and O–H groups in total. The zero-order valence-electron chi connectivity index (χ0n) is 11.7. The fourth-order valence-electron chi connectivity index (χ4n) is 2.10. The maximum absolute atomic E-state index is 12.1. The van der Waals surface area contributed by atoms with Crippen LogP contribution in [0.25, 0.3) is 6.08 Å². The van der Waals surface area contributed by atoms with Crippen molar-refractivity contribution in [2.45, 2.75) is 0 Å². The first kappa shape index (κ1) is 15.2. The molecular formula is C16H10BrNO5. The van der Waals surface area contributed by atoms with E-state index in [4.69, 9.17) is 9.15 Å². The van der Waals surface area contributed by atoms with Crippen LogP contribution in [-0.2, 0) is 9.53 Å². The number of carbonyl (C=O) groups is 3. The van der Waals surface area contributed by atoms with Crippen LogP contribution in [0.15, 0.2) is 51.6 Å². The van der Waals surface area contributed by atoms with Gasteiger partial charge in [-0.15, -0.1) is 0 Å². The summed E-state index contributed by atoms with van der Waals surface area (Å²) >= 11 is 3.14. The molecule has 1 aliphatic heterocycles. The normalized spacial score (nSPS) is 13.7. The monoisotopic (exact) mass is 375 g/mol. The van der Waals surface area contributed by atoms with Crippen molar-refractivity contribution in [1.82, 2.24) is 4.90 Å². The van der Waals surface area contributed by atoms with E-state index in [1.165, 1.54) is 6.08 Å². The lowest BCUT2D eigenvalue weighted by molar-refractivity contribution is -0.140. The van der Waals surface area contributed by atoms with Gasteiger partial charge in [0.15, 0.2) is 11.4 Å². The van der Waals surface area contributed by atoms with E-state index in [1.54, 1.807) is 36.4 Å². The molecule has 6 nitrogen and oxygen atoms in total. The van der Waals surface area contributed by atoms with Gasteiger partial charge in [0.25, 0.3) is 11.8 Å². The van der Waals surface area contributed by atoms with Gasteiger partial charge < -0.3 is 9.15 Å². The van der Waals surface area contributed by atoms with Crippen LogP contribution < -0.4 is 0 Å². The average Bonchev–Trinajstić information content (AvgIpc) is 3.07. The summed E-state index contributed by atoms with van der Waals surface area (Å²) in [5, 5.41) is 0. The highest BCUT2D eigenvalue weighted by Gasteiger charge is 2.35. The summed E-state index contributed by atoms with van der Waals surface area (Å²) in [7, 11) is 0. The van der Waals surface area contributed by atoms with Gasteiger partial charge in [-0.25, -0.2) is 9.69 Å². The third-order valence-corrected chi connectivity index (χ3v) is 3.62. The lowest BCUT2D eigenvalue weighted by atomic mass is 10.1. The number of hydrogen-bond acceptors (Lipinski definition) is 5. The van der Waals surface area contributed by atoms with Crippen molar-refractivity contribution in [2.24, 2.45) is 0 Å². The van der Waals surface area contributed by atoms with Crippen molar-refractivity contribution in [3.63, 3.8) is 0 Å². The molecule has 0 bridgehead atoms. The standard InChI is InChI=1S/C16H10BrNO5/c17-13-7-5-10(23-13)6-8-14(19)22-9-18-15(20)11-3-1-2-4-12(11)16(18)21/h1-8H,9H2. The number of fused-ring (bicyclic) bond motifs is 1. The molecule has 1 aromatic heterocycles. The highest BCUT2D eigenvalue weighted by Crippen LogP contribution is 2.22. The van der Waals surface area contributed by atoms with Crippen LogP contribution in [0, 0.1) is 0 Å². The van der Waals surface area contributed by atoms with Gasteiger partial charge in [0.05, 0.1) is 11.1 Å². The van der Waals surface area contributed by atoms with E-state index in [0.29, 0.717) is 21.6 Å². The van der Waals surface area contributed by atoms with Crippen molar-refractivity contribution in [2.75, 3.05) is 6.73 Å². The second-order valence-corrected chi connectivity index (χ2v) is 5.43. The molecule has 0 saturated carbocycles. The Morgan fingerprint density at radius 2 is 1.78 bits per heavy atom. The molecule has 0 saturated heterocycles. The third-order valence-electron chi connectivity index (χ3n) is 3.19. The van der Waals surface area contributed by atoms with Gasteiger partial charge in [-0.2, -0.15) is 0 Å². The molecule has 3 rings (SSSR count). The van der Waals surface area contributed by atoms with Gasteiger partial charge >= 0.3 is 5.97 Å². The van der Waals surface area contributed by atoms with Gasteiger partial charge in [-0.05, 0) is 46.3 Å². The molecule has 0 unspecified atom stereocenters. The van der Waals surface area contributed by atoms with Crippen LogP contribution in [0.5, 0.6) is 0 Å². The second-order valence-electron chi connectivity index (χ2n) is 4.65. The minimum Gasteiger partial charge on any atom is -0.450 e. The van der Waals surface area contributed by atoms with E-state index >= 15 is 0 Å². The van der Waals surface area contributed by atoms with Gasteiger partial charge in [0, 0.05) is 6.08 Å².